The topological polar surface area (TPSA) is 107 Å². The van der Waals surface area contributed by atoms with E-state index in [1.807, 2.05) is 30.7 Å². The lowest BCUT2D eigenvalue weighted by Crippen LogP contribution is -2.30. The van der Waals surface area contributed by atoms with Gasteiger partial charge < -0.3 is 9.88 Å². The molecule has 154 valence electrons. The molecule has 0 atom stereocenters. The summed E-state index contributed by atoms with van der Waals surface area (Å²) in [6.45, 7) is 6.66. The fourth-order valence-electron chi connectivity index (χ4n) is 3.18. The number of hydrogen-bond donors (Lipinski definition) is 2. The highest BCUT2D eigenvalue weighted by molar-refractivity contribution is 7.89. The van der Waals surface area contributed by atoms with Crippen LogP contribution in [-0.4, -0.2) is 30.4 Å². The van der Waals surface area contributed by atoms with Crippen LogP contribution in [0.2, 0.25) is 0 Å². The van der Waals surface area contributed by atoms with Gasteiger partial charge in [-0.25, -0.2) is 18.5 Å². The number of nitrogens with one attached hydrogen (secondary N) is 1. The zero-order chi connectivity index (χ0) is 21.2. The fourth-order valence-corrected chi connectivity index (χ4v) is 4.31. The summed E-state index contributed by atoms with van der Waals surface area (Å²) in [4.78, 5) is 17.0. The van der Waals surface area contributed by atoms with E-state index >= 15 is 0 Å². The van der Waals surface area contributed by atoms with Crippen molar-refractivity contribution < 1.29 is 13.2 Å². The Balaban J connectivity index is 1.58. The van der Waals surface area contributed by atoms with E-state index in [1.165, 1.54) is 12.1 Å². The van der Waals surface area contributed by atoms with Crippen molar-refractivity contribution in [3.63, 3.8) is 0 Å². The number of carbonyl (C=O) groups excluding carboxylic acids is 1. The first-order valence-corrected chi connectivity index (χ1v) is 11.6. The number of hydrogen-bond acceptors (Lipinski definition) is 5. The fraction of sp³-hybridized carbons (Fsp3) is 0.300. The van der Waals surface area contributed by atoms with Crippen LogP contribution in [0, 0.1) is 20.8 Å². The Morgan fingerprint density at radius 2 is 1.90 bits per heavy atom. The van der Waals surface area contributed by atoms with Gasteiger partial charge >= 0.3 is 0 Å². The molecule has 0 fully saturated rings. The molecule has 0 aliphatic rings. The molecule has 0 radical (unpaired) electrons. The van der Waals surface area contributed by atoms with Crippen molar-refractivity contribution in [2.24, 2.45) is 5.14 Å². The predicted molar refractivity (Wildman–Crippen MR) is 114 cm³/mol. The third-order valence-electron chi connectivity index (χ3n) is 4.76. The standard InChI is InChI=1S/C20H24N4O3S2/c1-13-10-18(19-12-28-15(3)23-19)14(2)24(13)11-20(25)22-9-8-16-4-6-17(7-5-16)29(21,26)27/h4-7,10,12H,8-9,11H2,1-3H3,(H,22,25)(H2,21,26,27). The Labute approximate surface area is 174 Å². The average molecular weight is 433 g/mol. The van der Waals surface area contributed by atoms with Gasteiger partial charge in [-0.3, -0.25) is 4.79 Å². The molecular weight excluding hydrogens is 408 g/mol. The van der Waals surface area contributed by atoms with Crippen LogP contribution in [0.4, 0.5) is 0 Å². The Morgan fingerprint density at radius 3 is 2.48 bits per heavy atom. The van der Waals surface area contributed by atoms with E-state index in [0.717, 1.165) is 33.2 Å². The molecule has 0 aliphatic heterocycles. The Bertz CT molecular complexity index is 1130. The van der Waals surface area contributed by atoms with Crippen LogP contribution in [0.5, 0.6) is 0 Å². The maximum Gasteiger partial charge on any atom is 0.239 e. The molecule has 0 unspecified atom stereocenters. The van der Waals surface area contributed by atoms with Gasteiger partial charge in [0.05, 0.1) is 15.6 Å². The summed E-state index contributed by atoms with van der Waals surface area (Å²) in [5.41, 5.74) is 4.94. The van der Waals surface area contributed by atoms with Crippen LogP contribution in [-0.2, 0) is 27.8 Å². The summed E-state index contributed by atoms with van der Waals surface area (Å²) in [5.74, 6) is -0.0750. The first-order chi connectivity index (χ1) is 13.6. The number of benzene rings is 1. The van der Waals surface area contributed by atoms with E-state index in [2.05, 4.69) is 16.4 Å². The third kappa shape index (κ3) is 5.11. The number of amides is 1. The molecule has 9 heteroatoms. The van der Waals surface area contributed by atoms with E-state index in [4.69, 9.17) is 5.14 Å². The first kappa shape index (κ1) is 21.2. The molecule has 29 heavy (non-hydrogen) atoms. The Hall–Kier alpha value is -2.49. The van der Waals surface area contributed by atoms with Gasteiger partial charge in [0.25, 0.3) is 0 Å². The minimum Gasteiger partial charge on any atom is -0.354 e. The summed E-state index contributed by atoms with van der Waals surface area (Å²) in [5, 5.41) is 11.1. The first-order valence-electron chi connectivity index (χ1n) is 9.13. The Kier molecular flexibility index (Phi) is 6.21. The van der Waals surface area contributed by atoms with Crippen molar-refractivity contribution in [3.8, 4) is 11.3 Å². The van der Waals surface area contributed by atoms with E-state index in [1.54, 1.807) is 23.5 Å². The molecule has 2 aromatic heterocycles. The summed E-state index contributed by atoms with van der Waals surface area (Å²) in [6, 6.07) is 8.41. The molecular formula is C20H24N4O3S2. The minimum absolute atomic E-state index is 0.0750. The van der Waals surface area contributed by atoms with Gasteiger partial charge in [-0.15, -0.1) is 11.3 Å². The lowest BCUT2D eigenvalue weighted by molar-refractivity contribution is -0.121. The van der Waals surface area contributed by atoms with Crippen LogP contribution in [0.3, 0.4) is 0 Å². The van der Waals surface area contributed by atoms with Gasteiger partial charge in [-0.05, 0) is 51.0 Å². The van der Waals surface area contributed by atoms with Gasteiger partial charge in [-0.1, -0.05) is 12.1 Å². The maximum absolute atomic E-state index is 12.4. The van der Waals surface area contributed by atoms with Crippen LogP contribution >= 0.6 is 11.3 Å². The van der Waals surface area contributed by atoms with E-state index in [9.17, 15) is 13.2 Å². The Morgan fingerprint density at radius 1 is 1.21 bits per heavy atom. The van der Waals surface area contributed by atoms with Crippen molar-refractivity contribution in [1.29, 1.82) is 0 Å². The van der Waals surface area contributed by atoms with Gasteiger partial charge in [0.15, 0.2) is 0 Å². The van der Waals surface area contributed by atoms with Gasteiger partial charge in [-0.2, -0.15) is 0 Å². The molecule has 0 saturated heterocycles. The lowest BCUT2D eigenvalue weighted by atomic mass is 10.1. The second kappa shape index (κ2) is 8.48. The monoisotopic (exact) mass is 432 g/mol. The molecule has 0 aliphatic carbocycles. The van der Waals surface area contributed by atoms with Gasteiger partial charge in [0.2, 0.25) is 15.9 Å². The van der Waals surface area contributed by atoms with Gasteiger partial charge in [0.1, 0.15) is 6.54 Å². The van der Waals surface area contributed by atoms with Crippen LogP contribution < -0.4 is 10.5 Å². The molecule has 0 saturated carbocycles. The van der Waals surface area contributed by atoms with E-state index < -0.39 is 10.0 Å². The SMILES string of the molecule is Cc1nc(-c2cc(C)n(CC(=O)NCCc3ccc(S(N)(=O)=O)cc3)c2C)cs1. The van der Waals surface area contributed by atoms with Crippen molar-refractivity contribution >= 4 is 27.3 Å². The van der Waals surface area contributed by atoms with Gasteiger partial charge in [0, 0.05) is 28.9 Å². The number of aryl methyl sites for hydroxylation is 2. The van der Waals surface area contributed by atoms with Crippen molar-refractivity contribution in [2.45, 2.75) is 38.6 Å². The number of aromatic nitrogens is 2. The maximum atomic E-state index is 12.4. The third-order valence-corrected chi connectivity index (χ3v) is 6.46. The van der Waals surface area contributed by atoms with Crippen molar-refractivity contribution in [3.05, 3.63) is 57.7 Å². The number of thiazole rings is 1. The summed E-state index contributed by atoms with van der Waals surface area (Å²) < 4.78 is 24.6. The molecule has 3 aromatic rings. The molecule has 1 amide bonds. The smallest absolute Gasteiger partial charge is 0.239 e. The van der Waals surface area contributed by atoms with Crippen molar-refractivity contribution in [1.82, 2.24) is 14.9 Å². The van der Waals surface area contributed by atoms with Crippen LogP contribution in [0.1, 0.15) is 22.0 Å². The number of nitrogens with zero attached hydrogens (tertiary/aromatic N) is 2. The second-order valence-electron chi connectivity index (χ2n) is 6.91. The number of nitrogens with two attached hydrogens (primary N) is 1. The van der Waals surface area contributed by atoms with Crippen LogP contribution in [0.25, 0.3) is 11.3 Å². The van der Waals surface area contributed by atoms with Crippen LogP contribution in [0.15, 0.2) is 40.6 Å². The summed E-state index contributed by atoms with van der Waals surface area (Å²) in [7, 11) is -3.69. The number of primary sulfonamides is 1. The molecule has 0 spiro atoms. The zero-order valence-corrected chi connectivity index (χ0v) is 18.2. The zero-order valence-electron chi connectivity index (χ0n) is 16.6. The highest BCUT2D eigenvalue weighted by atomic mass is 32.2. The quantitative estimate of drug-likeness (QED) is 0.598. The second-order valence-corrected chi connectivity index (χ2v) is 9.54. The predicted octanol–water partition coefficient (Wildman–Crippen LogP) is 2.54. The average Bonchev–Trinajstić information content (AvgIpc) is 3.19. The summed E-state index contributed by atoms with van der Waals surface area (Å²) in [6.07, 6.45) is 0.601. The highest BCUT2D eigenvalue weighted by Gasteiger charge is 2.15. The number of rotatable bonds is 7. The van der Waals surface area contributed by atoms with E-state index in [0.29, 0.717) is 13.0 Å². The molecule has 3 N–H and O–H groups in total. The number of carbonyl (C=O) groups is 1. The molecule has 3 rings (SSSR count). The minimum atomic E-state index is -3.69. The molecule has 1 aromatic carbocycles. The largest absolute Gasteiger partial charge is 0.354 e. The highest BCUT2D eigenvalue weighted by Crippen LogP contribution is 2.27. The lowest BCUT2D eigenvalue weighted by Gasteiger charge is -2.11. The normalized spacial score (nSPS) is 11.6. The molecule has 2 heterocycles. The molecule has 0 bridgehead atoms. The van der Waals surface area contributed by atoms with Crippen molar-refractivity contribution in [2.75, 3.05) is 6.54 Å². The molecule has 7 nitrogen and oxygen atoms in total. The summed E-state index contributed by atoms with van der Waals surface area (Å²) >= 11 is 1.61. The van der Waals surface area contributed by atoms with E-state index in [-0.39, 0.29) is 17.3 Å². The number of sulfonamides is 1.